The van der Waals surface area contributed by atoms with Crippen molar-refractivity contribution in [3.05, 3.63) is 28.8 Å². The SMILES string of the molecule is Cc1cc(CCN)cc(C)c1OCCOC(F)(F)F. The third-order valence-corrected chi connectivity index (χ3v) is 2.55. The zero-order valence-corrected chi connectivity index (χ0v) is 11.0. The van der Waals surface area contributed by atoms with E-state index in [0.29, 0.717) is 12.3 Å². The molecule has 1 aromatic rings. The normalized spacial score (nSPS) is 11.7. The minimum absolute atomic E-state index is 0.141. The Balaban J connectivity index is 2.59. The first-order chi connectivity index (χ1) is 8.83. The van der Waals surface area contributed by atoms with Gasteiger partial charge in [-0.1, -0.05) is 12.1 Å². The molecule has 0 saturated heterocycles. The Hall–Kier alpha value is -1.27. The van der Waals surface area contributed by atoms with Crippen LogP contribution in [-0.2, 0) is 11.2 Å². The summed E-state index contributed by atoms with van der Waals surface area (Å²) in [5, 5.41) is 0. The van der Waals surface area contributed by atoms with Crippen molar-refractivity contribution in [2.45, 2.75) is 26.6 Å². The zero-order chi connectivity index (χ0) is 14.5. The van der Waals surface area contributed by atoms with Crippen molar-refractivity contribution < 1.29 is 22.6 Å². The van der Waals surface area contributed by atoms with Gasteiger partial charge in [0.15, 0.2) is 0 Å². The molecule has 3 nitrogen and oxygen atoms in total. The van der Waals surface area contributed by atoms with Crippen molar-refractivity contribution in [3.8, 4) is 5.75 Å². The number of hydrogen-bond acceptors (Lipinski definition) is 3. The second-order valence-electron chi connectivity index (χ2n) is 4.24. The summed E-state index contributed by atoms with van der Waals surface area (Å²) in [7, 11) is 0. The summed E-state index contributed by atoms with van der Waals surface area (Å²) < 4.78 is 44.4. The van der Waals surface area contributed by atoms with Gasteiger partial charge in [0.1, 0.15) is 12.4 Å². The Labute approximate surface area is 110 Å². The van der Waals surface area contributed by atoms with Gasteiger partial charge in [-0.25, -0.2) is 0 Å². The maximum atomic E-state index is 11.8. The number of nitrogens with two attached hydrogens (primary N) is 1. The molecule has 0 unspecified atom stereocenters. The van der Waals surface area contributed by atoms with E-state index in [9.17, 15) is 13.2 Å². The topological polar surface area (TPSA) is 44.5 Å². The monoisotopic (exact) mass is 277 g/mol. The molecule has 0 atom stereocenters. The van der Waals surface area contributed by atoms with Crippen LogP contribution >= 0.6 is 0 Å². The Bertz CT molecular complexity index is 396. The fraction of sp³-hybridized carbons (Fsp3) is 0.538. The molecule has 0 saturated carbocycles. The highest BCUT2D eigenvalue weighted by molar-refractivity contribution is 5.43. The number of rotatable bonds is 6. The number of ether oxygens (including phenoxy) is 2. The smallest absolute Gasteiger partial charge is 0.491 e. The third kappa shape index (κ3) is 5.48. The second kappa shape index (κ2) is 6.77. The van der Waals surface area contributed by atoms with Crippen molar-refractivity contribution in [3.63, 3.8) is 0 Å². The van der Waals surface area contributed by atoms with Gasteiger partial charge in [0.2, 0.25) is 0 Å². The Kier molecular flexibility index (Phi) is 5.62. The molecular weight excluding hydrogens is 259 g/mol. The average Bonchev–Trinajstić information content (AvgIpc) is 2.26. The Morgan fingerprint density at radius 2 is 1.68 bits per heavy atom. The molecule has 2 N–H and O–H groups in total. The molecule has 0 spiro atoms. The number of alkyl halides is 3. The van der Waals surface area contributed by atoms with Gasteiger partial charge >= 0.3 is 6.36 Å². The van der Waals surface area contributed by atoms with Gasteiger partial charge < -0.3 is 10.5 Å². The lowest BCUT2D eigenvalue weighted by Gasteiger charge is -2.14. The number of hydrogen-bond donors (Lipinski definition) is 1. The average molecular weight is 277 g/mol. The molecular formula is C13H18F3NO2. The van der Waals surface area contributed by atoms with Crippen LogP contribution in [0.4, 0.5) is 13.2 Å². The van der Waals surface area contributed by atoms with Crippen LogP contribution in [0.15, 0.2) is 12.1 Å². The maximum Gasteiger partial charge on any atom is 0.522 e. The number of halogens is 3. The lowest BCUT2D eigenvalue weighted by atomic mass is 10.0. The molecule has 0 aromatic heterocycles. The summed E-state index contributed by atoms with van der Waals surface area (Å²) >= 11 is 0. The number of aryl methyl sites for hydroxylation is 2. The first-order valence-corrected chi connectivity index (χ1v) is 5.97. The maximum absolute atomic E-state index is 11.8. The van der Waals surface area contributed by atoms with E-state index < -0.39 is 13.0 Å². The fourth-order valence-electron chi connectivity index (χ4n) is 1.88. The van der Waals surface area contributed by atoms with E-state index in [1.165, 1.54) is 0 Å². The van der Waals surface area contributed by atoms with Crippen LogP contribution < -0.4 is 10.5 Å². The largest absolute Gasteiger partial charge is 0.522 e. The van der Waals surface area contributed by atoms with Crippen LogP contribution in [0.3, 0.4) is 0 Å². The van der Waals surface area contributed by atoms with Gasteiger partial charge in [-0.3, -0.25) is 4.74 Å². The predicted molar refractivity (Wildman–Crippen MR) is 66.2 cm³/mol. The van der Waals surface area contributed by atoms with E-state index in [1.807, 2.05) is 26.0 Å². The predicted octanol–water partition coefficient (Wildman–Crippen LogP) is 2.72. The molecule has 0 amide bonds. The van der Waals surface area contributed by atoms with E-state index in [0.717, 1.165) is 23.1 Å². The summed E-state index contributed by atoms with van der Waals surface area (Å²) in [4.78, 5) is 0. The first-order valence-electron chi connectivity index (χ1n) is 5.97. The van der Waals surface area contributed by atoms with Crippen LogP contribution in [0.1, 0.15) is 16.7 Å². The minimum atomic E-state index is -4.61. The van der Waals surface area contributed by atoms with Crippen LogP contribution in [-0.4, -0.2) is 26.1 Å². The van der Waals surface area contributed by atoms with Crippen molar-refractivity contribution in [1.82, 2.24) is 0 Å². The summed E-state index contributed by atoms with van der Waals surface area (Å²) in [6.07, 6.45) is -3.85. The van der Waals surface area contributed by atoms with E-state index in [1.54, 1.807) is 0 Å². The minimum Gasteiger partial charge on any atom is -0.491 e. The van der Waals surface area contributed by atoms with E-state index in [4.69, 9.17) is 10.5 Å². The molecule has 0 bridgehead atoms. The van der Waals surface area contributed by atoms with Gasteiger partial charge in [0, 0.05) is 0 Å². The van der Waals surface area contributed by atoms with Gasteiger partial charge in [0.05, 0.1) is 6.61 Å². The highest BCUT2D eigenvalue weighted by Crippen LogP contribution is 2.25. The van der Waals surface area contributed by atoms with Crippen molar-refractivity contribution in [1.29, 1.82) is 0 Å². The second-order valence-corrected chi connectivity index (χ2v) is 4.24. The lowest BCUT2D eigenvalue weighted by molar-refractivity contribution is -0.325. The molecule has 108 valence electrons. The van der Waals surface area contributed by atoms with E-state index in [-0.39, 0.29) is 6.61 Å². The summed E-state index contributed by atoms with van der Waals surface area (Å²) in [6.45, 7) is 3.60. The lowest BCUT2D eigenvalue weighted by Crippen LogP contribution is -2.18. The molecule has 6 heteroatoms. The highest BCUT2D eigenvalue weighted by Gasteiger charge is 2.28. The van der Waals surface area contributed by atoms with E-state index in [2.05, 4.69) is 4.74 Å². The van der Waals surface area contributed by atoms with Gasteiger partial charge in [-0.2, -0.15) is 0 Å². The zero-order valence-electron chi connectivity index (χ0n) is 11.0. The van der Waals surface area contributed by atoms with Gasteiger partial charge in [0.25, 0.3) is 0 Å². The molecule has 0 aliphatic carbocycles. The van der Waals surface area contributed by atoms with Crippen LogP contribution in [0.5, 0.6) is 5.75 Å². The van der Waals surface area contributed by atoms with Gasteiger partial charge in [-0.15, -0.1) is 13.2 Å². The van der Waals surface area contributed by atoms with Crippen LogP contribution in [0, 0.1) is 13.8 Å². The number of benzene rings is 1. The van der Waals surface area contributed by atoms with Crippen LogP contribution in [0.2, 0.25) is 0 Å². The van der Waals surface area contributed by atoms with Crippen molar-refractivity contribution >= 4 is 0 Å². The summed E-state index contributed by atoms with van der Waals surface area (Å²) in [5.41, 5.74) is 8.35. The van der Waals surface area contributed by atoms with E-state index >= 15 is 0 Å². The quantitative estimate of drug-likeness (QED) is 0.813. The Morgan fingerprint density at radius 3 is 2.16 bits per heavy atom. The molecule has 0 aliphatic heterocycles. The molecule has 19 heavy (non-hydrogen) atoms. The summed E-state index contributed by atoms with van der Waals surface area (Å²) in [5.74, 6) is 0.603. The molecule has 0 heterocycles. The van der Waals surface area contributed by atoms with Gasteiger partial charge in [-0.05, 0) is 43.5 Å². The first kappa shape index (κ1) is 15.8. The third-order valence-electron chi connectivity index (χ3n) is 2.55. The van der Waals surface area contributed by atoms with Crippen molar-refractivity contribution in [2.75, 3.05) is 19.8 Å². The molecule has 0 fully saturated rings. The standard InChI is InChI=1S/C13H18F3NO2/c1-9-7-11(3-4-17)8-10(2)12(9)18-5-6-19-13(14,15)16/h7-8H,3-6,17H2,1-2H3. The van der Waals surface area contributed by atoms with Crippen LogP contribution in [0.25, 0.3) is 0 Å². The summed E-state index contributed by atoms with van der Waals surface area (Å²) in [6, 6.07) is 3.86. The molecule has 0 aliphatic rings. The highest BCUT2D eigenvalue weighted by atomic mass is 19.4. The fourth-order valence-corrected chi connectivity index (χ4v) is 1.88. The molecule has 1 rings (SSSR count). The molecule has 1 aromatic carbocycles. The Morgan fingerprint density at radius 1 is 1.11 bits per heavy atom. The van der Waals surface area contributed by atoms with Crippen molar-refractivity contribution in [2.24, 2.45) is 5.73 Å². The molecule has 0 radical (unpaired) electrons.